The first kappa shape index (κ1) is 19.9. The van der Waals surface area contributed by atoms with Crippen LogP contribution in [0.5, 0.6) is 0 Å². The van der Waals surface area contributed by atoms with Crippen LogP contribution in [0, 0.1) is 5.92 Å². The lowest BCUT2D eigenvalue weighted by Crippen LogP contribution is -2.44. The maximum Gasteiger partial charge on any atom is 0.255 e. The highest BCUT2D eigenvalue weighted by Gasteiger charge is 2.37. The van der Waals surface area contributed by atoms with E-state index in [1.54, 1.807) is 4.90 Å². The van der Waals surface area contributed by atoms with E-state index < -0.39 is 6.04 Å². The molecule has 0 bridgehead atoms. The van der Waals surface area contributed by atoms with Gasteiger partial charge in [0, 0.05) is 18.7 Å². The van der Waals surface area contributed by atoms with Gasteiger partial charge in [-0.3, -0.25) is 9.59 Å². The summed E-state index contributed by atoms with van der Waals surface area (Å²) in [7, 11) is 0. The van der Waals surface area contributed by atoms with Crippen LogP contribution in [-0.2, 0) is 11.3 Å². The topological polar surface area (TPSA) is 49.4 Å². The van der Waals surface area contributed by atoms with Gasteiger partial charge >= 0.3 is 0 Å². The second-order valence-corrected chi connectivity index (χ2v) is 8.09. The Labute approximate surface area is 177 Å². The molecule has 0 saturated heterocycles. The van der Waals surface area contributed by atoms with E-state index in [4.69, 9.17) is 0 Å². The minimum atomic E-state index is -0.674. The molecule has 1 heterocycles. The fourth-order valence-corrected chi connectivity index (χ4v) is 4.07. The molecule has 1 atom stereocenters. The minimum Gasteiger partial charge on any atom is -0.350 e. The Kier molecular flexibility index (Phi) is 5.66. The van der Waals surface area contributed by atoms with Crippen molar-refractivity contribution >= 4 is 11.8 Å². The first-order chi connectivity index (χ1) is 14.6. The van der Waals surface area contributed by atoms with E-state index in [0.29, 0.717) is 18.7 Å². The zero-order valence-electron chi connectivity index (χ0n) is 17.3. The van der Waals surface area contributed by atoms with Gasteiger partial charge in [0.1, 0.15) is 6.04 Å². The van der Waals surface area contributed by atoms with Crippen molar-refractivity contribution in [3.8, 4) is 11.1 Å². The van der Waals surface area contributed by atoms with E-state index >= 15 is 0 Å². The molecule has 1 aliphatic rings. The second kappa shape index (κ2) is 8.54. The average molecular weight is 399 g/mol. The smallest absolute Gasteiger partial charge is 0.255 e. The quantitative estimate of drug-likeness (QED) is 0.670. The maximum absolute atomic E-state index is 13.6. The normalized spacial score (nSPS) is 15.4. The van der Waals surface area contributed by atoms with Gasteiger partial charge in [-0.15, -0.1) is 0 Å². The Morgan fingerprint density at radius 2 is 1.47 bits per heavy atom. The Morgan fingerprint density at radius 1 is 0.867 bits per heavy atom. The number of hydrogen-bond donors (Lipinski definition) is 1. The maximum atomic E-state index is 13.6. The van der Waals surface area contributed by atoms with Gasteiger partial charge in [-0.25, -0.2) is 0 Å². The monoisotopic (exact) mass is 398 g/mol. The molecule has 0 spiro atoms. The molecule has 4 heteroatoms. The van der Waals surface area contributed by atoms with Crippen LogP contribution < -0.4 is 5.32 Å². The zero-order chi connectivity index (χ0) is 21.1. The van der Waals surface area contributed by atoms with Crippen LogP contribution in [0.25, 0.3) is 11.1 Å². The molecule has 0 fully saturated rings. The predicted molar refractivity (Wildman–Crippen MR) is 119 cm³/mol. The first-order valence-electron chi connectivity index (χ1n) is 10.4. The number of hydrogen-bond acceptors (Lipinski definition) is 2. The van der Waals surface area contributed by atoms with Crippen LogP contribution in [0.15, 0.2) is 78.9 Å². The van der Waals surface area contributed by atoms with Gasteiger partial charge in [0.2, 0.25) is 5.91 Å². The highest BCUT2D eigenvalue weighted by atomic mass is 16.2. The molecule has 4 rings (SSSR count). The predicted octanol–water partition coefficient (Wildman–Crippen LogP) is 4.82. The summed E-state index contributed by atoms with van der Waals surface area (Å²) >= 11 is 0. The van der Waals surface area contributed by atoms with Crippen molar-refractivity contribution in [2.75, 3.05) is 6.54 Å². The Morgan fingerprint density at radius 3 is 2.17 bits per heavy atom. The van der Waals surface area contributed by atoms with Gasteiger partial charge in [0.05, 0.1) is 0 Å². The number of carbonyl (C=O) groups is 2. The molecule has 0 saturated carbocycles. The Hall–Kier alpha value is -3.40. The number of rotatable bonds is 5. The standard InChI is InChI=1S/C26H26N2O2/c1-18(2)17-28-24(25(29)27-16-19-10-4-3-5-11-19)22-14-8-6-12-20(22)21-13-7-9-15-23(21)26(28)30/h3-15,18,24H,16-17H2,1-2H3,(H,27,29). The molecule has 1 unspecified atom stereocenters. The summed E-state index contributed by atoms with van der Waals surface area (Å²) in [6.45, 7) is 5.06. The molecule has 1 aliphatic heterocycles. The third kappa shape index (κ3) is 3.86. The molecule has 1 N–H and O–H groups in total. The minimum absolute atomic E-state index is 0.102. The SMILES string of the molecule is CC(C)CN1C(=O)c2ccccc2-c2ccccc2C1C(=O)NCc1ccccc1. The van der Waals surface area contributed by atoms with Crippen LogP contribution in [0.1, 0.15) is 41.4 Å². The van der Waals surface area contributed by atoms with E-state index in [-0.39, 0.29) is 17.7 Å². The van der Waals surface area contributed by atoms with Crippen LogP contribution >= 0.6 is 0 Å². The summed E-state index contributed by atoms with van der Waals surface area (Å²) in [6, 6.07) is 24.6. The summed E-state index contributed by atoms with van der Waals surface area (Å²) in [6.07, 6.45) is 0. The highest BCUT2D eigenvalue weighted by molar-refractivity contribution is 6.05. The molecule has 30 heavy (non-hydrogen) atoms. The second-order valence-electron chi connectivity index (χ2n) is 8.09. The molecule has 0 radical (unpaired) electrons. The summed E-state index contributed by atoms with van der Waals surface area (Å²) < 4.78 is 0. The van der Waals surface area contributed by atoms with E-state index in [1.807, 2.05) is 78.9 Å². The number of nitrogens with zero attached hydrogens (tertiary/aromatic N) is 1. The van der Waals surface area contributed by atoms with Crippen LogP contribution in [0.2, 0.25) is 0 Å². The van der Waals surface area contributed by atoms with Crippen LogP contribution in [0.4, 0.5) is 0 Å². The Balaban J connectivity index is 1.78. The van der Waals surface area contributed by atoms with Crippen molar-refractivity contribution < 1.29 is 9.59 Å². The molecule has 3 aromatic carbocycles. The van der Waals surface area contributed by atoms with Gasteiger partial charge in [0.25, 0.3) is 5.91 Å². The summed E-state index contributed by atoms with van der Waals surface area (Å²) in [5.41, 5.74) is 4.35. The zero-order valence-corrected chi connectivity index (χ0v) is 17.3. The van der Waals surface area contributed by atoms with E-state index in [9.17, 15) is 9.59 Å². The highest BCUT2D eigenvalue weighted by Crippen LogP contribution is 2.38. The summed E-state index contributed by atoms with van der Waals surface area (Å²) in [4.78, 5) is 28.8. The lowest BCUT2D eigenvalue weighted by atomic mass is 9.93. The number of amides is 2. The lowest BCUT2D eigenvalue weighted by Gasteiger charge is -2.31. The van der Waals surface area contributed by atoms with E-state index in [1.165, 1.54) is 0 Å². The molecule has 2 amide bonds. The largest absolute Gasteiger partial charge is 0.350 e. The number of carbonyl (C=O) groups excluding carboxylic acids is 2. The van der Waals surface area contributed by atoms with Gasteiger partial charge in [0.15, 0.2) is 0 Å². The van der Waals surface area contributed by atoms with Crippen molar-refractivity contribution in [3.63, 3.8) is 0 Å². The molecule has 152 valence electrons. The van der Waals surface area contributed by atoms with E-state index in [0.717, 1.165) is 22.3 Å². The Bertz CT molecular complexity index is 1060. The van der Waals surface area contributed by atoms with Gasteiger partial charge in [-0.05, 0) is 34.2 Å². The van der Waals surface area contributed by atoms with Crippen molar-refractivity contribution in [2.45, 2.75) is 26.4 Å². The molecule has 0 aliphatic carbocycles. The van der Waals surface area contributed by atoms with Crippen LogP contribution in [0.3, 0.4) is 0 Å². The van der Waals surface area contributed by atoms with Gasteiger partial charge in [-0.1, -0.05) is 86.6 Å². The van der Waals surface area contributed by atoms with Crippen molar-refractivity contribution in [3.05, 3.63) is 95.6 Å². The van der Waals surface area contributed by atoms with Crippen LogP contribution in [-0.4, -0.2) is 23.3 Å². The summed E-state index contributed by atoms with van der Waals surface area (Å²) in [5, 5.41) is 3.06. The number of benzene rings is 3. The lowest BCUT2D eigenvalue weighted by molar-refractivity contribution is -0.126. The van der Waals surface area contributed by atoms with Crippen molar-refractivity contribution in [2.24, 2.45) is 5.92 Å². The third-order valence-electron chi connectivity index (χ3n) is 5.40. The molecular weight excluding hydrogens is 372 g/mol. The van der Waals surface area contributed by atoms with Gasteiger partial charge in [-0.2, -0.15) is 0 Å². The molecular formula is C26H26N2O2. The van der Waals surface area contributed by atoms with Crippen molar-refractivity contribution in [1.29, 1.82) is 0 Å². The fraction of sp³-hybridized carbons (Fsp3) is 0.231. The molecule has 0 aromatic heterocycles. The molecule has 4 nitrogen and oxygen atoms in total. The number of nitrogens with one attached hydrogen (secondary N) is 1. The fourth-order valence-electron chi connectivity index (χ4n) is 4.07. The number of fused-ring (bicyclic) bond motifs is 3. The first-order valence-corrected chi connectivity index (χ1v) is 10.4. The van der Waals surface area contributed by atoms with Gasteiger partial charge < -0.3 is 10.2 Å². The third-order valence-corrected chi connectivity index (χ3v) is 5.40. The van der Waals surface area contributed by atoms with Crippen molar-refractivity contribution in [1.82, 2.24) is 10.2 Å². The molecule has 3 aromatic rings. The van der Waals surface area contributed by atoms with E-state index in [2.05, 4.69) is 19.2 Å². The average Bonchev–Trinajstić information content (AvgIpc) is 2.86. The summed E-state index contributed by atoms with van der Waals surface area (Å²) in [5.74, 6) is -0.0285.